The monoisotopic (exact) mass is 476 g/mol. The van der Waals surface area contributed by atoms with Crippen molar-refractivity contribution in [3.63, 3.8) is 0 Å². The summed E-state index contributed by atoms with van der Waals surface area (Å²) < 4.78 is 10.7. The van der Waals surface area contributed by atoms with Gasteiger partial charge in [0.05, 0.1) is 0 Å². The second kappa shape index (κ2) is 10.6. The number of carbonyl (C=O) groups excluding carboxylic acids is 2. The van der Waals surface area contributed by atoms with Gasteiger partial charge in [0.1, 0.15) is 5.25 Å². The lowest BCUT2D eigenvalue weighted by molar-refractivity contribution is -0.131. The van der Waals surface area contributed by atoms with E-state index in [1.165, 1.54) is 11.8 Å². The van der Waals surface area contributed by atoms with Gasteiger partial charge >= 0.3 is 5.97 Å². The molecule has 8 nitrogen and oxygen atoms in total. The number of nitrogens with one attached hydrogen (secondary N) is 2. The highest BCUT2D eigenvalue weighted by molar-refractivity contribution is 8.00. The quantitative estimate of drug-likeness (QED) is 0.325. The Morgan fingerprint density at radius 3 is 2.41 bits per heavy atom. The van der Waals surface area contributed by atoms with Crippen LogP contribution in [-0.4, -0.2) is 29.7 Å². The number of ether oxygens (including phenoxy) is 2. The number of hydrogen-bond acceptors (Lipinski definition) is 6. The van der Waals surface area contributed by atoms with E-state index < -0.39 is 17.1 Å². The van der Waals surface area contributed by atoms with Gasteiger partial charge in [-0.3, -0.25) is 9.59 Å². The largest absolute Gasteiger partial charge is 0.478 e. The number of aliphatic carboxylic acids is 1. The summed E-state index contributed by atoms with van der Waals surface area (Å²) in [5.41, 5.74) is 1.87. The smallest absolute Gasteiger partial charge is 0.328 e. The van der Waals surface area contributed by atoms with E-state index in [1.54, 1.807) is 36.4 Å². The molecule has 1 atom stereocenters. The molecule has 3 aromatic rings. The summed E-state index contributed by atoms with van der Waals surface area (Å²) in [6.07, 6.45) is 1.70. The van der Waals surface area contributed by atoms with Crippen LogP contribution < -0.4 is 20.1 Å². The first-order chi connectivity index (χ1) is 16.5. The fourth-order valence-corrected chi connectivity index (χ4v) is 4.28. The van der Waals surface area contributed by atoms with E-state index in [9.17, 15) is 14.4 Å². The number of hydrogen-bond donors (Lipinski definition) is 3. The van der Waals surface area contributed by atoms with E-state index in [-0.39, 0.29) is 12.7 Å². The van der Waals surface area contributed by atoms with Gasteiger partial charge in [0.25, 0.3) is 0 Å². The van der Waals surface area contributed by atoms with Crippen LogP contribution in [0.4, 0.5) is 11.4 Å². The number of thioether (sulfide) groups is 1. The van der Waals surface area contributed by atoms with Gasteiger partial charge in [0.2, 0.25) is 18.6 Å². The zero-order valence-corrected chi connectivity index (χ0v) is 18.6. The zero-order valence-electron chi connectivity index (χ0n) is 17.8. The predicted molar refractivity (Wildman–Crippen MR) is 128 cm³/mol. The molecule has 0 aromatic heterocycles. The van der Waals surface area contributed by atoms with Crippen molar-refractivity contribution < 1.29 is 29.0 Å². The molecule has 1 aliphatic heterocycles. The minimum Gasteiger partial charge on any atom is -0.478 e. The molecule has 9 heteroatoms. The molecule has 3 N–H and O–H groups in total. The molecule has 0 saturated carbocycles. The SMILES string of the molecule is O=C(O)/C=C/C(=O)Nc1cccc(SC(C(=O)Nc2ccc3c(c2)OCO3)c2ccccc2)c1. The lowest BCUT2D eigenvalue weighted by Gasteiger charge is -2.18. The molecule has 2 amide bonds. The number of amides is 2. The molecule has 0 fully saturated rings. The molecule has 0 bridgehead atoms. The van der Waals surface area contributed by atoms with E-state index in [0.29, 0.717) is 22.9 Å². The van der Waals surface area contributed by atoms with Crippen LogP contribution in [0.15, 0.2) is 89.8 Å². The summed E-state index contributed by atoms with van der Waals surface area (Å²) in [7, 11) is 0. The third-order valence-corrected chi connectivity index (χ3v) is 5.96. The Bertz CT molecular complexity index is 1250. The third-order valence-electron chi connectivity index (χ3n) is 4.71. The Morgan fingerprint density at radius 1 is 0.853 bits per heavy atom. The van der Waals surface area contributed by atoms with Gasteiger partial charge in [-0.1, -0.05) is 36.4 Å². The van der Waals surface area contributed by atoms with Crippen LogP contribution in [0, 0.1) is 0 Å². The fraction of sp³-hybridized carbons (Fsp3) is 0.0800. The van der Waals surface area contributed by atoms with Gasteiger partial charge in [-0.05, 0) is 35.9 Å². The Kier molecular flexibility index (Phi) is 7.14. The van der Waals surface area contributed by atoms with Gasteiger partial charge in [-0.25, -0.2) is 4.79 Å². The summed E-state index contributed by atoms with van der Waals surface area (Å²) in [6, 6.07) is 21.5. The number of rotatable bonds is 8. The van der Waals surface area contributed by atoms with E-state index in [2.05, 4.69) is 10.6 Å². The first-order valence-electron chi connectivity index (χ1n) is 10.2. The molecule has 34 heavy (non-hydrogen) atoms. The summed E-state index contributed by atoms with van der Waals surface area (Å²) in [5, 5.41) is 13.6. The van der Waals surface area contributed by atoms with Crippen molar-refractivity contribution in [2.75, 3.05) is 17.4 Å². The standard InChI is InChI=1S/C25H20N2O6S/c28-22(11-12-23(29)30)26-17-7-4-8-19(13-17)34-24(16-5-2-1-3-6-16)25(31)27-18-9-10-20-21(14-18)33-15-32-20/h1-14,24H,15H2,(H,26,28)(H,27,31)(H,29,30)/b12-11+. The number of fused-ring (bicyclic) bond motifs is 1. The highest BCUT2D eigenvalue weighted by Crippen LogP contribution is 2.38. The Balaban J connectivity index is 1.52. The maximum Gasteiger partial charge on any atom is 0.328 e. The molecule has 1 unspecified atom stereocenters. The van der Waals surface area contributed by atoms with Crippen molar-refractivity contribution in [3.8, 4) is 11.5 Å². The van der Waals surface area contributed by atoms with Gasteiger partial charge < -0.3 is 25.2 Å². The number of benzene rings is 3. The minimum atomic E-state index is -1.21. The molecule has 0 aliphatic carbocycles. The highest BCUT2D eigenvalue weighted by Gasteiger charge is 2.23. The summed E-state index contributed by atoms with van der Waals surface area (Å²) in [6.45, 7) is 0.147. The summed E-state index contributed by atoms with van der Waals surface area (Å²) in [5.74, 6) is -0.802. The van der Waals surface area contributed by atoms with Gasteiger partial charge in [-0.15, -0.1) is 11.8 Å². The summed E-state index contributed by atoms with van der Waals surface area (Å²) in [4.78, 5) is 36.5. The highest BCUT2D eigenvalue weighted by atomic mass is 32.2. The molecule has 172 valence electrons. The van der Waals surface area contributed by atoms with Crippen LogP contribution in [0.2, 0.25) is 0 Å². The first kappa shape index (κ1) is 22.9. The van der Waals surface area contributed by atoms with E-state index in [4.69, 9.17) is 14.6 Å². The van der Waals surface area contributed by atoms with Crippen molar-refractivity contribution in [1.82, 2.24) is 0 Å². The molecule has 0 radical (unpaired) electrons. The lowest BCUT2D eigenvalue weighted by atomic mass is 10.1. The third kappa shape index (κ3) is 5.96. The maximum atomic E-state index is 13.3. The van der Waals surface area contributed by atoms with Crippen molar-refractivity contribution in [2.45, 2.75) is 10.1 Å². The van der Waals surface area contributed by atoms with Crippen LogP contribution >= 0.6 is 11.8 Å². The fourth-order valence-electron chi connectivity index (χ4n) is 3.20. The molecular weight excluding hydrogens is 456 g/mol. The second-order valence-corrected chi connectivity index (χ2v) is 8.33. The zero-order chi connectivity index (χ0) is 23.9. The number of carbonyl (C=O) groups is 3. The molecule has 0 saturated heterocycles. The van der Waals surface area contributed by atoms with E-state index in [1.807, 2.05) is 36.4 Å². The average molecular weight is 477 g/mol. The van der Waals surface area contributed by atoms with Gasteiger partial charge in [0.15, 0.2) is 11.5 Å². The van der Waals surface area contributed by atoms with Crippen LogP contribution in [0.3, 0.4) is 0 Å². The Labute approximate surface area is 199 Å². The van der Waals surface area contributed by atoms with Gasteiger partial charge in [-0.2, -0.15) is 0 Å². The summed E-state index contributed by atoms with van der Waals surface area (Å²) >= 11 is 1.32. The van der Waals surface area contributed by atoms with Crippen LogP contribution in [0.1, 0.15) is 10.8 Å². The number of carboxylic acid groups (broad SMARTS) is 1. The maximum absolute atomic E-state index is 13.3. The molecule has 3 aromatic carbocycles. The second-order valence-electron chi connectivity index (χ2n) is 7.15. The normalized spacial score (nSPS) is 12.8. The Hall–Kier alpha value is -4.24. The number of anilines is 2. The van der Waals surface area contributed by atoms with E-state index >= 15 is 0 Å². The average Bonchev–Trinajstić information content (AvgIpc) is 3.30. The molecule has 0 spiro atoms. The van der Waals surface area contributed by atoms with Crippen LogP contribution in [0.5, 0.6) is 11.5 Å². The van der Waals surface area contributed by atoms with Crippen molar-refractivity contribution in [3.05, 3.63) is 90.5 Å². The first-order valence-corrected chi connectivity index (χ1v) is 11.1. The van der Waals surface area contributed by atoms with Crippen molar-refractivity contribution in [2.24, 2.45) is 0 Å². The predicted octanol–water partition coefficient (Wildman–Crippen LogP) is 4.47. The van der Waals surface area contributed by atoms with Crippen LogP contribution in [-0.2, 0) is 14.4 Å². The molecular formula is C25H20N2O6S. The lowest BCUT2D eigenvalue weighted by Crippen LogP contribution is -2.19. The van der Waals surface area contributed by atoms with Crippen molar-refractivity contribution >= 4 is 40.9 Å². The van der Waals surface area contributed by atoms with Gasteiger partial charge in [0, 0.05) is 34.5 Å². The molecule has 4 rings (SSSR count). The molecule has 1 aliphatic rings. The topological polar surface area (TPSA) is 114 Å². The Morgan fingerprint density at radius 2 is 1.62 bits per heavy atom. The number of carboxylic acids is 1. The van der Waals surface area contributed by atoms with Crippen molar-refractivity contribution in [1.29, 1.82) is 0 Å². The van der Waals surface area contributed by atoms with E-state index in [0.717, 1.165) is 22.6 Å². The molecule has 1 heterocycles. The minimum absolute atomic E-state index is 0.147. The van der Waals surface area contributed by atoms with Crippen LogP contribution in [0.25, 0.3) is 0 Å².